The first-order valence-electron chi connectivity index (χ1n) is 7.06. The highest BCUT2D eigenvalue weighted by Crippen LogP contribution is 2.50. The zero-order valence-electron chi connectivity index (χ0n) is 12.2. The van der Waals surface area contributed by atoms with Gasteiger partial charge in [0.05, 0.1) is 24.4 Å². The Balaban J connectivity index is 1.75. The number of methoxy groups -OCH3 is 1. The minimum absolute atomic E-state index is 0.0000486. The largest absolute Gasteiger partial charge is 0.477 e. The Bertz CT molecular complexity index is 593. The Morgan fingerprint density at radius 2 is 2.14 bits per heavy atom. The van der Waals surface area contributed by atoms with E-state index < -0.39 is 0 Å². The van der Waals surface area contributed by atoms with Crippen molar-refractivity contribution in [1.29, 1.82) is 0 Å². The third-order valence-electron chi connectivity index (χ3n) is 3.67. The van der Waals surface area contributed by atoms with Crippen LogP contribution in [0.3, 0.4) is 0 Å². The Kier molecular flexibility index (Phi) is 3.83. The number of hydrogen-bond donors (Lipinski definition) is 0. The molecule has 112 valence electrons. The van der Waals surface area contributed by atoms with Gasteiger partial charge in [0.1, 0.15) is 5.69 Å². The molecule has 0 bridgehead atoms. The zero-order chi connectivity index (χ0) is 14.7. The number of nitrogens with zero attached hydrogens (tertiary/aromatic N) is 4. The van der Waals surface area contributed by atoms with Crippen molar-refractivity contribution in [2.75, 3.05) is 20.3 Å². The second-order valence-corrected chi connectivity index (χ2v) is 5.12. The quantitative estimate of drug-likeness (QED) is 0.771. The molecule has 1 saturated carbocycles. The Hall–Kier alpha value is -2.02. The molecule has 0 amide bonds. The average molecular weight is 290 g/mol. The van der Waals surface area contributed by atoms with Crippen LogP contribution in [0.15, 0.2) is 16.9 Å². The smallest absolute Gasteiger partial charge is 0.233 e. The van der Waals surface area contributed by atoms with Gasteiger partial charge < -0.3 is 14.0 Å². The first-order valence-corrected chi connectivity index (χ1v) is 7.06. The lowest BCUT2D eigenvalue weighted by atomic mass is 10.0. The van der Waals surface area contributed by atoms with Crippen LogP contribution in [-0.2, 0) is 10.2 Å². The summed E-state index contributed by atoms with van der Waals surface area (Å²) >= 11 is 0. The molecule has 2 aromatic rings. The number of aromatic nitrogens is 4. The predicted molar refractivity (Wildman–Crippen MR) is 73.9 cm³/mol. The van der Waals surface area contributed by atoms with Gasteiger partial charge >= 0.3 is 0 Å². The fourth-order valence-electron chi connectivity index (χ4n) is 2.22. The lowest BCUT2D eigenvalue weighted by molar-refractivity contribution is 0.177. The minimum Gasteiger partial charge on any atom is -0.477 e. The van der Waals surface area contributed by atoms with Gasteiger partial charge in [0.25, 0.3) is 0 Å². The first kappa shape index (κ1) is 13.9. The van der Waals surface area contributed by atoms with Crippen molar-refractivity contribution >= 4 is 0 Å². The molecule has 2 aromatic heterocycles. The van der Waals surface area contributed by atoms with E-state index in [0.717, 1.165) is 19.3 Å². The molecule has 0 N–H and O–H groups in total. The summed E-state index contributed by atoms with van der Waals surface area (Å²) in [5.74, 6) is 1.62. The van der Waals surface area contributed by atoms with E-state index in [4.69, 9.17) is 14.0 Å². The molecule has 7 nitrogen and oxygen atoms in total. The number of ether oxygens (including phenoxy) is 2. The van der Waals surface area contributed by atoms with Crippen molar-refractivity contribution in [3.8, 4) is 17.4 Å². The molecule has 2 heterocycles. The maximum Gasteiger partial charge on any atom is 0.233 e. The standard InChI is InChI=1S/C14H18N4O3/c1-3-20-11-9-15-10(8-16-11)12-17-13(21-18-12)14(4-5-14)6-7-19-2/h8-9H,3-7H2,1-2H3. The summed E-state index contributed by atoms with van der Waals surface area (Å²) in [5.41, 5.74) is 0.580. The fourth-order valence-corrected chi connectivity index (χ4v) is 2.22. The molecular weight excluding hydrogens is 272 g/mol. The first-order chi connectivity index (χ1) is 10.3. The molecule has 0 atom stereocenters. The fraction of sp³-hybridized carbons (Fsp3) is 0.571. The minimum atomic E-state index is -0.0000486. The van der Waals surface area contributed by atoms with Gasteiger partial charge in [-0.25, -0.2) is 9.97 Å². The van der Waals surface area contributed by atoms with Gasteiger partial charge in [-0.15, -0.1) is 0 Å². The van der Waals surface area contributed by atoms with Crippen molar-refractivity contribution in [1.82, 2.24) is 20.1 Å². The van der Waals surface area contributed by atoms with Crippen LogP contribution < -0.4 is 4.74 Å². The molecule has 7 heteroatoms. The van der Waals surface area contributed by atoms with Gasteiger partial charge in [0.2, 0.25) is 17.6 Å². The molecule has 0 saturated heterocycles. The molecule has 0 radical (unpaired) electrons. The van der Waals surface area contributed by atoms with Crippen molar-refractivity contribution in [2.45, 2.75) is 31.6 Å². The maximum atomic E-state index is 5.41. The van der Waals surface area contributed by atoms with Crippen LogP contribution in [0.1, 0.15) is 32.1 Å². The highest BCUT2D eigenvalue weighted by atomic mass is 16.5. The number of rotatable bonds is 7. The van der Waals surface area contributed by atoms with Gasteiger partial charge in [0, 0.05) is 13.7 Å². The van der Waals surface area contributed by atoms with Crippen LogP contribution in [0.2, 0.25) is 0 Å². The van der Waals surface area contributed by atoms with Gasteiger partial charge in [-0.05, 0) is 26.2 Å². The summed E-state index contributed by atoms with van der Waals surface area (Å²) in [4.78, 5) is 12.9. The Labute approximate surface area is 122 Å². The van der Waals surface area contributed by atoms with Crippen LogP contribution in [-0.4, -0.2) is 40.4 Å². The van der Waals surface area contributed by atoms with Crippen LogP contribution in [0.5, 0.6) is 5.88 Å². The van der Waals surface area contributed by atoms with Crippen molar-refractivity contribution in [3.63, 3.8) is 0 Å². The van der Waals surface area contributed by atoms with Gasteiger partial charge in [-0.3, -0.25) is 0 Å². The van der Waals surface area contributed by atoms with Crippen LogP contribution in [0, 0.1) is 0 Å². The van der Waals surface area contributed by atoms with Gasteiger partial charge in [-0.1, -0.05) is 5.16 Å². The van der Waals surface area contributed by atoms with E-state index in [1.807, 2.05) is 6.92 Å². The maximum absolute atomic E-state index is 5.41. The summed E-state index contributed by atoms with van der Waals surface area (Å²) in [5, 5.41) is 4.01. The van der Waals surface area contributed by atoms with E-state index >= 15 is 0 Å². The normalized spacial score (nSPS) is 15.9. The lowest BCUT2D eigenvalue weighted by Crippen LogP contribution is -2.10. The van der Waals surface area contributed by atoms with Crippen LogP contribution in [0.25, 0.3) is 11.5 Å². The molecular formula is C14H18N4O3. The third-order valence-corrected chi connectivity index (χ3v) is 3.67. The SMILES string of the molecule is CCOc1cnc(-c2noc(C3(CCOC)CC3)n2)cn1. The highest BCUT2D eigenvalue weighted by molar-refractivity contribution is 5.46. The molecule has 0 unspecified atom stereocenters. The molecule has 1 aliphatic rings. The summed E-state index contributed by atoms with van der Waals surface area (Å²) < 4.78 is 15.8. The molecule has 0 aliphatic heterocycles. The second kappa shape index (κ2) is 5.77. The van der Waals surface area contributed by atoms with Crippen molar-refractivity contribution in [2.24, 2.45) is 0 Å². The lowest BCUT2D eigenvalue weighted by Gasteiger charge is -2.07. The van der Waals surface area contributed by atoms with Crippen LogP contribution in [0.4, 0.5) is 0 Å². The highest BCUT2D eigenvalue weighted by Gasteiger charge is 2.48. The van der Waals surface area contributed by atoms with Crippen molar-refractivity contribution in [3.05, 3.63) is 18.3 Å². The Morgan fingerprint density at radius 1 is 1.29 bits per heavy atom. The summed E-state index contributed by atoms with van der Waals surface area (Å²) in [6.45, 7) is 3.15. The van der Waals surface area contributed by atoms with E-state index in [9.17, 15) is 0 Å². The third kappa shape index (κ3) is 2.87. The van der Waals surface area contributed by atoms with Crippen molar-refractivity contribution < 1.29 is 14.0 Å². The van der Waals surface area contributed by atoms with E-state index in [1.54, 1.807) is 19.5 Å². The molecule has 1 fully saturated rings. The van der Waals surface area contributed by atoms with E-state index in [2.05, 4.69) is 20.1 Å². The molecule has 3 rings (SSSR count). The summed E-state index contributed by atoms with van der Waals surface area (Å²) in [6, 6.07) is 0. The second-order valence-electron chi connectivity index (χ2n) is 5.12. The van der Waals surface area contributed by atoms with E-state index in [-0.39, 0.29) is 5.41 Å². The topological polar surface area (TPSA) is 83.2 Å². The average Bonchev–Trinajstić information content (AvgIpc) is 3.14. The van der Waals surface area contributed by atoms with E-state index in [0.29, 0.717) is 36.5 Å². The summed E-state index contributed by atoms with van der Waals surface area (Å²) in [6.07, 6.45) is 6.18. The predicted octanol–water partition coefficient (Wildman–Crippen LogP) is 1.99. The van der Waals surface area contributed by atoms with Gasteiger partial charge in [-0.2, -0.15) is 4.98 Å². The number of hydrogen-bond acceptors (Lipinski definition) is 7. The zero-order valence-corrected chi connectivity index (χ0v) is 12.2. The van der Waals surface area contributed by atoms with Crippen LogP contribution >= 0.6 is 0 Å². The monoisotopic (exact) mass is 290 g/mol. The molecule has 0 spiro atoms. The summed E-state index contributed by atoms with van der Waals surface area (Å²) in [7, 11) is 1.70. The molecule has 0 aromatic carbocycles. The van der Waals surface area contributed by atoms with E-state index in [1.165, 1.54) is 0 Å². The molecule has 1 aliphatic carbocycles. The van der Waals surface area contributed by atoms with Gasteiger partial charge in [0.15, 0.2) is 0 Å². The Morgan fingerprint density at radius 3 is 2.76 bits per heavy atom. The molecule has 21 heavy (non-hydrogen) atoms.